The first-order chi connectivity index (χ1) is 33.2. The molecule has 0 atom stereocenters. The zero-order chi connectivity index (χ0) is 44.5. The van der Waals surface area contributed by atoms with Crippen molar-refractivity contribution in [3.05, 3.63) is 228 Å². The summed E-state index contributed by atoms with van der Waals surface area (Å²) in [4.78, 5) is 2.57. The Morgan fingerprint density at radius 2 is 0.896 bits per heavy atom. The fraction of sp³-hybridized carbons (Fsp3) is 0.200. The molecule has 0 amide bonds. The third-order valence-corrected chi connectivity index (χ3v) is 16.2. The molecule has 2 fully saturated rings. The van der Waals surface area contributed by atoms with E-state index in [9.17, 15) is 0 Å². The molecule has 3 aliphatic rings. The maximum Gasteiger partial charge on any atom is 0.0713 e. The minimum absolute atomic E-state index is 0.416. The van der Waals surface area contributed by atoms with Gasteiger partial charge in [0.2, 0.25) is 0 Å². The first-order valence-corrected chi connectivity index (χ1v) is 25.0. The molecule has 0 aromatic heterocycles. The van der Waals surface area contributed by atoms with Crippen molar-refractivity contribution >= 4 is 55.1 Å². The maximum atomic E-state index is 7.22. The molecule has 0 heterocycles. The Hall–Kier alpha value is -7.16. The van der Waals surface area contributed by atoms with Crippen LogP contribution in [0.2, 0.25) is 0 Å². The van der Waals surface area contributed by atoms with Crippen LogP contribution in [0.5, 0.6) is 0 Å². The molecule has 3 aliphatic carbocycles. The van der Waals surface area contributed by atoms with Crippen LogP contribution in [0.4, 0.5) is 22.7 Å². The van der Waals surface area contributed by atoms with E-state index >= 15 is 0 Å². The van der Waals surface area contributed by atoms with Crippen LogP contribution in [0.15, 0.2) is 194 Å². The number of hydrogen-bond acceptors (Lipinski definition) is 2. The highest BCUT2D eigenvalue weighted by Gasteiger charge is 2.46. The van der Waals surface area contributed by atoms with Gasteiger partial charge in [0.05, 0.1) is 11.1 Å². The summed E-state index contributed by atoms with van der Waals surface area (Å²) in [5.74, 6) is 0.953. The maximum absolute atomic E-state index is 7.22. The van der Waals surface area contributed by atoms with E-state index in [0.29, 0.717) is 11.8 Å². The topological polar surface area (TPSA) is 29.3 Å². The second kappa shape index (κ2) is 16.3. The lowest BCUT2D eigenvalue weighted by Crippen LogP contribution is -2.28. The van der Waals surface area contributed by atoms with E-state index in [1.54, 1.807) is 0 Å². The molecule has 2 heteroatoms. The molecule has 67 heavy (non-hydrogen) atoms. The van der Waals surface area contributed by atoms with Gasteiger partial charge in [-0.1, -0.05) is 202 Å². The molecule has 10 aromatic rings. The Morgan fingerprint density at radius 1 is 0.418 bits per heavy atom. The normalized spacial score (nSPS) is 16.1. The van der Waals surface area contributed by atoms with E-state index in [1.165, 1.54) is 158 Å². The van der Waals surface area contributed by atoms with Crippen molar-refractivity contribution in [3.63, 3.8) is 0 Å². The summed E-state index contributed by atoms with van der Waals surface area (Å²) in [6, 6.07) is 73.6. The molecule has 326 valence electrons. The zero-order valence-electron chi connectivity index (χ0n) is 38.2. The van der Waals surface area contributed by atoms with E-state index in [-0.39, 0.29) is 0 Å². The van der Waals surface area contributed by atoms with Gasteiger partial charge >= 0.3 is 0 Å². The Balaban J connectivity index is 1.14. The van der Waals surface area contributed by atoms with Gasteiger partial charge in [-0.25, -0.2) is 0 Å². The standard InChI is InChI=1S/C65H56N2/c66-59-42-56(43-20-6-1-7-21-43)52-38-41-55-63-54(40-39-53(59)62(52)63)60(44-22-8-2-9-23-44)61(64(55)67(48-26-12-4-13-27-48)49-28-14-5-15-29-49)45-34-36-47(37-35-45)65(46-24-10-3-11-25-46)57-32-18-16-30-50(57)51-31-17-19-33-58(51)65/h3-5,10-19,24-44H,1-2,6-9,20-23,66H2. The van der Waals surface area contributed by atoms with Crippen molar-refractivity contribution in [2.24, 2.45) is 0 Å². The van der Waals surface area contributed by atoms with E-state index in [1.807, 2.05) is 0 Å². The van der Waals surface area contributed by atoms with Gasteiger partial charge in [0, 0.05) is 33.4 Å². The van der Waals surface area contributed by atoms with Gasteiger partial charge < -0.3 is 10.6 Å². The lowest BCUT2D eigenvalue weighted by Gasteiger charge is -2.36. The van der Waals surface area contributed by atoms with Crippen molar-refractivity contribution in [2.75, 3.05) is 10.6 Å². The molecule has 0 spiro atoms. The zero-order valence-corrected chi connectivity index (χ0v) is 38.2. The number of hydrogen-bond donors (Lipinski definition) is 1. The summed E-state index contributed by atoms with van der Waals surface area (Å²) in [7, 11) is 0. The van der Waals surface area contributed by atoms with Crippen LogP contribution in [-0.2, 0) is 5.41 Å². The molecule has 0 saturated heterocycles. The Labute approximate surface area is 395 Å². The Bertz CT molecular complexity index is 3330. The van der Waals surface area contributed by atoms with E-state index in [4.69, 9.17) is 5.73 Å². The lowest BCUT2D eigenvalue weighted by molar-refractivity contribution is 0.445. The lowest BCUT2D eigenvalue weighted by atomic mass is 9.67. The molecule has 0 unspecified atom stereocenters. The van der Waals surface area contributed by atoms with Crippen LogP contribution >= 0.6 is 0 Å². The van der Waals surface area contributed by atoms with Crippen LogP contribution in [-0.4, -0.2) is 0 Å². The molecule has 0 aliphatic heterocycles. The first-order valence-electron chi connectivity index (χ1n) is 25.0. The number of anilines is 4. The largest absolute Gasteiger partial charge is 0.398 e. The predicted octanol–water partition coefficient (Wildman–Crippen LogP) is 17.8. The summed E-state index contributed by atoms with van der Waals surface area (Å²) >= 11 is 0. The van der Waals surface area contributed by atoms with E-state index in [2.05, 4.69) is 199 Å². The van der Waals surface area contributed by atoms with Crippen LogP contribution in [0, 0.1) is 0 Å². The van der Waals surface area contributed by atoms with Gasteiger partial charge in [0.1, 0.15) is 0 Å². The molecule has 2 nitrogen and oxygen atoms in total. The van der Waals surface area contributed by atoms with Gasteiger partial charge in [-0.3, -0.25) is 0 Å². The molecule has 0 bridgehead atoms. The minimum Gasteiger partial charge on any atom is -0.398 e. The monoisotopic (exact) mass is 864 g/mol. The molecule has 10 aromatic carbocycles. The summed E-state index contributed by atoms with van der Waals surface area (Å²) in [5, 5.41) is 7.96. The molecule has 0 radical (unpaired) electrons. The number of nitrogen functional groups attached to an aromatic ring is 1. The first kappa shape index (κ1) is 40.1. The van der Waals surface area contributed by atoms with Gasteiger partial charge in [0.25, 0.3) is 0 Å². The minimum atomic E-state index is -0.467. The number of benzene rings is 10. The van der Waals surface area contributed by atoms with Crippen molar-refractivity contribution in [1.82, 2.24) is 0 Å². The highest BCUT2D eigenvalue weighted by atomic mass is 15.1. The average Bonchev–Trinajstić information content (AvgIpc) is 3.71. The average molecular weight is 865 g/mol. The number of para-hydroxylation sites is 2. The number of nitrogens with zero attached hydrogens (tertiary/aromatic N) is 1. The summed E-state index contributed by atoms with van der Waals surface area (Å²) < 4.78 is 0. The predicted molar refractivity (Wildman–Crippen MR) is 284 cm³/mol. The Morgan fingerprint density at radius 3 is 1.51 bits per heavy atom. The quantitative estimate of drug-likeness (QED) is 0.122. The van der Waals surface area contributed by atoms with E-state index < -0.39 is 5.41 Å². The highest BCUT2D eigenvalue weighted by Crippen LogP contribution is 2.58. The highest BCUT2D eigenvalue weighted by molar-refractivity contribution is 6.30. The fourth-order valence-corrected chi connectivity index (χ4v) is 13.4. The van der Waals surface area contributed by atoms with Crippen LogP contribution < -0.4 is 10.6 Å². The molecule has 13 rings (SSSR count). The molecular weight excluding hydrogens is 809 g/mol. The van der Waals surface area contributed by atoms with Crippen molar-refractivity contribution in [3.8, 4) is 22.3 Å². The third kappa shape index (κ3) is 6.22. The number of fused-ring (bicyclic) bond motifs is 3. The van der Waals surface area contributed by atoms with Gasteiger partial charge in [-0.15, -0.1) is 0 Å². The van der Waals surface area contributed by atoms with E-state index in [0.717, 1.165) is 17.1 Å². The third-order valence-electron chi connectivity index (χ3n) is 16.2. The van der Waals surface area contributed by atoms with Gasteiger partial charge in [-0.2, -0.15) is 0 Å². The van der Waals surface area contributed by atoms with Gasteiger partial charge in [0.15, 0.2) is 0 Å². The van der Waals surface area contributed by atoms with Crippen molar-refractivity contribution in [2.45, 2.75) is 81.5 Å². The number of rotatable bonds is 8. The summed E-state index contributed by atoms with van der Waals surface area (Å²) in [5.41, 5.74) is 24.7. The Kier molecular flexibility index (Phi) is 9.78. The fourth-order valence-electron chi connectivity index (χ4n) is 13.4. The second-order valence-electron chi connectivity index (χ2n) is 19.7. The molecule has 2 saturated carbocycles. The van der Waals surface area contributed by atoms with Gasteiger partial charge in [-0.05, 0) is 139 Å². The number of nitrogens with two attached hydrogens (primary N) is 1. The second-order valence-corrected chi connectivity index (χ2v) is 19.7. The van der Waals surface area contributed by atoms with Crippen LogP contribution in [0.3, 0.4) is 0 Å². The summed E-state index contributed by atoms with van der Waals surface area (Å²) in [6.07, 6.45) is 12.6. The summed E-state index contributed by atoms with van der Waals surface area (Å²) in [6.45, 7) is 0. The molecule has 2 N–H and O–H groups in total. The van der Waals surface area contributed by atoms with Crippen molar-refractivity contribution < 1.29 is 0 Å². The van der Waals surface area contributed by atoms with Crippen LogP contribution in [0.1, 0.15) is 109 Å². The SMILES string of the molecule is Nc1cc(C2CCCCC2)c2ccc3c(N(c4ccccc4)c4ccccc4)c(-c4ccc(C5(c6ccccc6)c6ccccc6-c6ccccc65)cc4)c(C4CCCCC4)c4ccc1c2c43. The molecular formula is C65H56N2. The smallest absolute Gasteiger partial charge is 0.0713 e. The van der Waals surface area contributed by atoms with Crippen molar-refractivity contribution in [1.29, 1.82) is 0 Å². The van der Waals surface area contributed by atoms with Crippen LogP contribution in [0.25, 0.3) is 54.6 Å².